The van der Waals surface area contributed by atoms with Crippen LogP contribution in [-0.2, 0) is 38.2 Å². The highest BCUT2D eigenvalue weighted by atomic mass is 16.6. The summed E-state index contributed by atoms with van der Waals surface area (Å²) in [6.45, 7) is 5.55. The summed E-state index contributed by atoms with van der Waals surface area (Å²) in [7, 11) is 0. The maximum absolute atomic E-state index is 12.4. The molecule has 9 heteroatoms. The van der Waals surface area contributed by atoms with Crippen molar-refractivity contribution in [1.29, 1.82) is 0 Å². The summed E-state index contributed by atoms with van der Waals surface area (Å²) in [5, 5.41) is 11.0. The Morgan fingerprint density at radius 3 is 2.41 bits per heavy atom. The van der Waals surface area contributed by atoms with E-state index in [4.69, 9.17) is 14.2 Å². The fraction of sp³-hybridized carbons (Fsp3) is 0.609. The van der Waals surface area contributed by atoms with Crippen LogP contribution in [0.3, 0.4) is 0 Å². The Kier molecular flexibility index (Phi) is 11.5. The number of aldehydes is 1. The van der Waals surface area contributed by atoms with Crippen molar-refractivity contribution >= 4 is 30.0 Å². The molecule has 0 aromatic rings. The number of carbonyl (C=O) groups excluding carboxylic acids is 5. The number of aliphatic hydroxyl groups excluding tert-OH is 1. The van der Waals surface area contributed by atoms with E-state index in [1.807, 2.05) is 0 Å². The second-order valence-electron chi connectivity index (χ2n) is 7.94. The van der Waals surface area contributed by atoms with Crippen molar-refractivity contribution in [1.82, 2.24) is 0 Å². The number of aliphatic hydroxyl groups is 1. The number of ether oxygens (including phenoxy) is 3. The smallest absolute Gasteiger partial charge is 0.309 e. The number of esters is 3. The number of hydrogen-bond acceptors (Lipinski definition) is 9. The Labute approximate surface area is 187 Å². The highest BCUT2D eigenvalue weighted by Gasteiger charge is 2.40. The number of rotatable bonds is 4. The molecule has 178 valence electrons. The number of allylic oxidation sites excluding steroid dienone is 3. The van der Waals surface area contributed by atoms with E-state index >= 15 is 0 Å². The minimum Gasteiger partial charge on any atom is -0.462 e. The average Bonchev–Trinajstić information content (AvgIpc) is 2.68. The van der Waals surface area contributed by atoms with Crippen molar-refractivity contribution in [3.8, 4) is 0 Å². The molecular formula is C23H32O9. The van der Waals surface area contributed by atoms with Crippen LogP contribution in [-0.4, -0.2) is 59.5 Å². The molecule has 1 aliphatic rings. The largest absolute Gasteiger partial charge is 0.462 e. The van der Waals surface area contributed by atoms with Gasteiger partial charge in [0, 0.05) is 32.6 Å². The van der Waals surface area contributed by atoms with Gasteiger partial charge < -0.3 is 24.1 Å². The van der Waals surface area contributed by atoms with Crippen molar-refractivity contribution in [3.63, 3.8) is 0 Å². The maximum Gasteiger partial charge on any atom is 0.309 e. The molecule has 1 rings (SSSR count). The lowest BCUT2D eigenvalue weighted by atomic mass is 9.83. The van der Waals surface area contributed by atoms with Crippen LogP contribution in [0, 0.1) is 11.8 Å². The number of hydrogen-bond donors (Lipinski definition) is 1. The minimum absolute atomic E-state index is 0.110. The normalized spacial score (nSPS) is 32.3. The zero-order valence-corrected chi connectivity index (χ0v) is 18.9. The van der Waals surface area contributed by atoms with Gasteiger partial charge in [-0.05, 0) is 25.3 Å². The van der Waals surface area contributed by atoms with E-state index in [2.05, 4.69) is 0 Å². The van der Waals surface area contributed by atoms with E-state index in [9.17, 15) is 29.1 Å². The van der Waals surface area contributed by atoms with Gasteiger partial charge in [0.25, 0.3) is 0 Å². The summed E-state index contributed by atoms with van der Waals surface area (Å²) in [5.41, 5.74) is 0. The minimum atomic E-state index is -1.48. The molecule has 0 radical (unpaired) electrons. The quantitative estimate of drug-likeness (QED) is 0.385. The topological polar surface area (TPSA) is 133 Å². The van der Waals surface area contributed by atoms with Gasteiger partial charge in [0.1, 0.15) is 12.4 Å². The third-order valence-corrected chi connectivity index (χ3v) is 5.02. The molecule has 0 spiro atoms. The molecule has 0 aliphatic carbocycles. The maximum atomic E-state index is 12.4. The molecule has 0 saturated carbocycles. The first-order valence-electron chi connectivity index (χ1n) is 10.6. The molecule has 9 nitrogen and oxygen atoms in total. The van der Waals surface area contributed by atoms with Crippen LogP contribution in [0.1, 0.15) is 53.4 Å². The lowest BCUT2D eigenvalue weighted by Gasteiger charge is -2.34. The second-order valence-corrected chi connectivity index (χ2v) is 7.94. The van der Waals surface area contributed by atoms with E-state index < -0.39 is 60.6 Å². The van der Waals surface area contributed by atoms with Crippen LogP contribution in [0.15, 0.2) is 24.3 Å². The molecule has 32 heavy (non-hydrogen) atoms. The molecule has 0 aromatic carbocycles. The van der Waals surface area contributed by atoms with Crippen LogP contribution in [0.4, 0.5) is 0 Å². The third kappa shape index (κ3) is 9.55. The molecule has 1 aliphatic heterocycles. The summed E-state index contributed by atoms with van der Waals surface area (Å²) >= 11 is 0. The fourth-order valence-electron chi connectivity index (χ4n) is 3.48. The monoisotopic (exact) mass is 452 g/mol. The van der Waals surface area contributed by atoms with Gasteiger partial charge in [-0.1, -0.05) is 25.2 Å². The van der Waals surface area contributed by atoms with Gasteiger partial charge in [-0.25, -0.2) is 0 Å². The molecule has 1 heterocycles. The van der Waals surface area contributed by atoms with E-state index in [0.717, 1.165) is 13.8 Å². The standard InChI is InChI=1S/C23H32O9/c1-14-12-18(10-11-24)22(29)23(32-17(4)26)20(31-16(3)25)13-21(28)30-15(2)8-6-5-7-9-19(14)27/h5-7,9,11,14-15,18,20,22-23,29H,8,10,12-13H2,1-4H3/b6-5+,9-7+/t14-,15-,18+,20-,22+,23+/m1/s1. The molecule has 1 N–H and O–H groups in total. The van der Waals surface area contributed by atoms with Crippen LogP contribution in [0.2, 0.25) is 0 Å². The molecule has 0 bridgehead atoms. The Morgan fingerprint density at radius 2 is 1.81 bits per heavy atom. The van der Waals surface area contributed by atoms with Crippen LogP contribution in [0.5, 0.6) is 0 Å². The van der Waals surface area contributed by atoms with Crippen LogP contribution < -0.4 is 0 Å². The first-order valence-corrected chi connectivity index (χ1v) is 10.6. The summed E-state index contributed by atoms with van der Waals surface area (Å²) in [4.78, 5) is 59.5. The van der Waals surface area contributed by atoms with Crippen molar-refractivity contribution in [2.45, 2.75) is 77.8 Å². The van der Waals surface area contributed by atoms with Gasteiger partial charge in [0.05, 0.1) is 12.5 Å². The van der Waals surface area contributed by atoms with Gasteiger partial charge in [-0.3, -0.25) is 19.2 Å². The Bertz CT molecular complexity index is 740. The van der Waals surface area contributed by atoms with Crippen molar-refractivity contribution < 1.29 is 43.3 Å². The molecule has 0 aromatic heterocycles. The predicted molar refractivity (Wildman–Crippen MR) is 113 cm³/mol. The van der Waals surface area contributed by atoms with E-state index in [1.165, 1.54) is 6.08 Å². The Morgan fingerprint density at radius 1 is 1.16 bits per heavy atom. The zero-order valence-electron chi connectivity index (χ0n) is 18.9. The molecule has 0 saturated heterocycles. The van der Waals surface area contributed by atoms with Gasteiger partial charge in [0.15, 0.2) is 18.0 Å². The van der Waals surface area contributed by atoms with Crippen LogP contribution >= 0.6 is 0 Å². The second kappa shape index (κ2) is 13.6. The van der Waals surface area contributed by atoms with Gasteiger partial charge in [-0.2, -0.15) is 0 Å². The van der Waals surface area contributed by atoms with Crippen molar-refractivity contribution in [2.75, 3.05) is 0 Å². The van der Waals surface area contributed by atoms with E-state index in [-0.39, 0.29) is 18.6 Å². The molecule has 0 fully saturated rings. The first-order chi connectivity index (χ1) is 15.0. The fourth-order valence-corrected chi connectivity index (χ4v) is 3.48. The summed E-state index contributed by atoms with van der Waals surface area (Å²) < 4.78 is 15.8. The number of ketones is 1. The van der Waals surface area contributed by atoms with Crippen molar-refractivity contribution in [3.05, 3.63) is 24.3 Å². The lowest BCUT2D eigenvalue weighted by molar-refractivity contribution is -0.183. The van der Waals surface area contributed by atoms with E-state index in [0.29, 0.717) is 12.7 Å². The lowest BCUT2D eigenvalue weighted by Crippen LogP contribution is -2.48. The summed E-state index contributed by atoms with van der Waals surface area (Å²) in [6.07, 6.45) is 2.08. The van der Waals surface area contributed by atoms with E-state index in [1.54, 1.807) is 32.1 Å². The highest BCUT2D eigenvalue weighted by molar-refractivity contribution is 5.91. The zero-order chi connectivity index (χ0) is 24.3. The molecular weight excluding hydrogens is 420 g/mol. The van der Waals surface area contributed by atoms with Gasteiger partial charge >= 0.3 is 17.9 Å². The first kappa shape index (κ1) is 27.2. The van der Waals surface area contributed by atoms with Gasteiger partial charge in [-0.15, -0.1) is 0 Å². The van der Waals surface area contributed by atoms with Gasteiger partial charge in [0.2, 0.25) is 0 Å². The average molecular weight is 453 g/mol. The highest BCUT2D eigenvalue weighted by Crippen LogP contribution is 2.27. The SMILES string of the molecule is CC(=O)O[C@@H]1[C@@H](O)[C@@H](CC=O)C[C@@H](C)C(=O)/C=C/C=C/C[C@@H](C)OC(=O)C[C@H]1OC(C)=O. The molecule has 0 amide bonds. The molecule has 6 atom stereocenters. The Balaban J connectivity index is 3.38. The summed E-state index contributed by atoms with van der Waals surface area (Å²) in [6, 6.07) is 0. The third-order valence-electron chi connectivity index (χ3n) is 5.02. The van der Waals surface area contributed by atoms with Crippen LogP contribution in [0.25, 0.3) is 0 Å². The number of cyclic esters (lactones) is 1. The Hall–Kier alpha value is -2.81. The predicted octanol–water partition coefficient (Wildman–Crippen LogP) is 1.85. The summed E-state index contributed by atoms with van der Waals surface area (Å²) in [5.74, 6) is -3.77. The molecule has 0 unspecified atom stereocenters. The van der Waals surface area contributed by atoms with Crippen molar-refractivity contribution in [2.24, 2.45) is 11.8 Å². The number of carbonyl (C=O) groups is 5.